The molecule has 0 aromatic carbocycles. The van der Waals surface area contributed by atoms with Crippen molar-refractivity contribution in [1.29, 1.82) is 0 Å². The van der Waals surface area contributed by atoms with E-state index in [1.54, 1.807) is 10.0 Å². The van der Waals surface area contributed by atoms with Crippen LogP contribution in [0.25, 0.3) is 0 Å². The average molecular weight is 430 g/mol. The summed E-state index contributed by atoms with van der Waals surface area (Å²) >= 11 is 0. The predicted molar refractivity (Wildman–Crippen MR) is 89.0 cm³/mol. The molecule has 0 fully saturated rings. The molecule has 0 amide bonds. The van der Waals surface area contributed by atoms with Gasteiger partial charge in [0.1, 0.15) is 0 Å². The van der Waals surface area contributed by atoms with Gasteiger partial charge in [-0.05, 0) is 20.9 Å². The molecule has 0 unspecified atom stereocenters. The van der Waals surface area contributed by atoms with Gasteiger partial charge in [-0.1, -0.05) is 0 Å². The van der Waals surface area contributed by atoms with Crippen molar-refractivity contribution >= 4 is 7.81 Å². The van der Waals surface area contributed by atoms with Crippen molar-refractivity contribution in [1.82, 2.24) is 31.1 Å². The summed E-state index contributed by atoms with van der Waals surface area (Å²) in [6.45, 7) is 5.28. The van der Waals surface area contributed by atoms with Crippen molar-refractivity contribution in [2.45, 2.75) is 13.8 Å². The van der Waals surface area contributed by atoms with Crippen LogP contribution in [0.1, 0.15) is 13.8 Å². The summed E-state index contributed by atoms with van der Waals surface area (Å²) in [5, 5.41) is 7.14. The molecule has 15 heteroatoms. The number of hydrogen-bond donors (Lipinski definition) is 2. The van der Waals surface area contributed by atoms with Crippen LogP contribution in [0.3, 0.4) is 0 Å². The van der Waals surface area contributed by atoms with Crippen LogP contribution in [-0.4, -0.2) is 61.4 Å². The molecule has 0 saturated carbocycles. The Balaban J connectivity index is 0.000000384. The van der Waals surface area contributed by atoms with Crippen LogP contribution in [-0.2, 0) is 9.47 Å². The summed E-state index contributed by atoms with van der Waals surface area (Å²) in [5.41, 5.74) is 5.95. The Labute approximate surface area is 154 Å². The first-order valence-electron chi connectivity index (χ1n) is 7.56. The second-order valence-corrected chi connectivity index (χ2v) is 7.11. The fourth-order valence-corrected chi connectivity index (χ4v) is 1.63. The van der Waals surface area contributed by atoms with E-state index in [2.05, 4.69) is 17.3 Å². The van der Waals surface area contributed by atoms with Gasteiger partial charge in [-0.25, -0.2) is 0 Å². The minimum absolute atomic E-state index is 0.669. The molecule has 0 spiro atoms. The third kappa shape index (κ3) is 15.0. The Morgan fingerprint density at radius 2 is 1.37 bits per heavy atom. The summed E-state index contributed by atoms with van der Waals surface area (Å²) < 4.78 is 69.7. The summed E-state index contributed by atoms with van der Waals surface area (Å²) in [4.78, 5) is 0. The Morgan fingerprint density at radius 1 is 0.889 bits per heavy atom. The van der Waals surface area contributed by atoms with Crippen LogP contribution >= 0.6 is 7.81 Å². The van der Waals surface area contributed by atoms with Gasteiger partial charge in [0, 0.05) is 27.0 Å². The van der Waals surface area contributed by atoms with Crippen LogP contribution in [0.15, 0.2) is 18.0 Å². The van der Waals surface area contributed by atoms with Gasteiger partial charge in [0.15, 0.2) is 0 Å². The molecule has 0 radical (unpaired) electrons. The Morgan fingerprint density at radius 3 is 1.67 bits per heavy atom. The van der Waals surface area contributed by atoms with E-state index < -0.39 is 7.81 Å². The Hall–Kier alpha value is -1.79. The number of hydrogen-bond acceptors (Lipinski definition) is 8. The molecule has 0 bridgehead atoms. The van der Waals surface area contributed by atoms with Gasteiger partial charge >= 0.3 is 33.0 Å². The molecule has 0 saturated heterocycles. The Kier molecular flexibility index (Phi) is 7.92. The van der Waals surface area contributed by atoms with E-state index in [1.807, 2.05) is 58.3 Å². The summed E-state index contributed by atoms with van der Waals surface area (Å²) in [6.07, 6.45) is 4.84. The van der Waals surface area contributed by atoms with Gasteiger partial charge in [-0.15, -0.1) is 5.53 Å². The molecule has 2 aliphatic rings. The maximum absolute atomic E-state index is 10.7. The molecule has 2 aliphatic heterocycles. The van der Waals surface area contributed by atoms with Crippen molar-refractivity contribution in [3.05, 3.63) is 24.2 Å². The van der Waals surface area contributed by atoms with E-state index >= 15 is 0 Å². The molecule has 2 N–H and O–H groups in total. The SMILES string of the molecule is CCOC1=CN(C)NN1C.CCOC1=[C-]N(C)NN1C.F[P-](F)(F)(F)(F)F. The van der Waals surface area contributed by atoms with E-state index in [-0.39, 0.29) is 0 Å². The van der Waals surface area contributed by atoms with Crippen LogP contribution in [0.4, 0.5) is 25.2 Å². The number of halogens is 6. The summed E-state index contributed by atoms with van der Waals surface area (Å²) in [6, 6.07) is 0. The fourth-order valence-electron chi connectivity index (χ4n) is 1.63. The van der Waals surface area contributed by atoms with Crippen LogP contribution in [0.2, 0.25) is 0 Å². The monoisotopic (exact) mass is 430 g/mol. The number of hydrazine groups is 4. The quantitative estimate of drug-likeness (QED) is 0.400. The van der Waals surface area contributed by atoms with Crippen molar-refractivity contribution in [2.24, 2.45) is 0 Å². The zero-order valence-corrected chi connectivity index (χ0v) is 16.7. The second-order valence-electron chi connectivity index (χ2n) is 5.20. The van der Waals surface area contributed by atoms with Gasteiger partial charge in [-0.2, -0.15) is 5.53 Å². The number of rotatable bonds is 4. The van der Waals surface area contributed by atoms with Crippen molar-refractivity contribution < 1.29 is 34.7 Å². The first-order chi connectivity index (χ1) is 11.9. The van der Waals surface area contributed by atoms with E-state index in [1.165, 1.54) is 0 Å². The Bertz CT molecular complexity index is 498. The normalized spacial score (nSPS) is 19.1. The first-order valence-corrected chi connectivity index (χ1v) is 9.59. The molecule has 27 heavy (non-hydrogen) atoms. The van der Waals surface area contributed by atoms with E-state index in [9.17, 15) is 25.2 Å². The number of nitrogens with one attached hydrogen (secondary N) is 2. The standard InChI is InChI=1S/C6H13N3O.C6H12N3O.F6P/c2*1-4-10-6-5-8(2)7-9(6)3;1-7(2,3,4,5)6/h5,7H,4H2,1-3H3;7H,4H2,1-3H3;/q;2*-1. The van der Waals surface area contributed by atoms with Crippen LogP contribution in [0.5, 0.6) is 0 Å². The second kappa shape index (κ2) is 8.48. The van der Waals surface area contributed by atoms with Gasteiger partial charge in [-0.3, -0.25) is 15.0 Å². The summed E-state index contributed by atoms with van der Waals surface area (Å²) in [5.74, 6) is 1.58. The van der Waals surface area contributed by atoms with Crippen molar-refractivity contribution in [3.63, 3.8) is 0 Å². The molecule has 0 aromatic heterocycles. The molecule has 0 atom stereocenters. The first kappa shape index (κ1) is 25.2. The van der Waals surface area contributed by atoms with Gasteiger partial charge in [0.05, 0.1) is 19.4 Å². The van der Waals surface area contributed by atoms with Crippen molar-refractivity contribution in [2.75, 3.05) is 41.4 Å². The van der Waals surface area contributed by atoms with Gasteiger partial charge in [0.25, 0.3) is 0 Å². The average Bonchev–Trinajstić information content (AvgIpc) is 2.90. The molecule has 0 aromatic rings. The zero-order valence-electron chi connectivity index (χ0n) is 15.8. The predicted octanol–water partition coefficient (Wildman–Crippen LogP) is 3.42. The third-order valence-corrected chi connectivity index (χ3v) is 2.38. The maximum atomic E-state index is 9.87. The van der Waals surface area contributed by atoms with Gasteiger partial charge < -0.3 is 20.7 Å². The van der Waals surface area contributed by atoms with Crippen LogP contribution in [0, 0.1) is 6.20 Å². The molecule has 0 aliphatic carbocycles. The molecular weight excluding hydrogens is 405 g/mol. The number of ether oxygens (including phenoxy) is 2. The molecule has 2 heterocycles. The van der Waals surface area contributed by atoms with Gasteiger partial charge in [0.2, 0.25) is 5.88 Å². The molecular formula is C12H25F6N6O2P-2. The van der Waals surface area contributed by atoms with E-state index in [0.717, 1.165) is 11.8 Å². The van der Waals surface area contributed by atoms with E-state index in [0.29, 0.717) is 13.2 Å². The number of nitrogens with zero attached hydrogens (tertiary/aromatic N) is 4. The fraction of sp³-hybridized carbons (Fsp3) is 0.667. The van der Waals surface area contributed by atoms with Crippen molar-refractivity contribution in [3.8, 4) is 0 Å². The summed E-state index contributed by atoms with van der Waals surface area (Å²) in [7, 11) is -3.09. The zero-order chi connectivity index (χ0) is 21.5. The topological polar surface area (TPSA) is 55.5 Å². The molecule has 164 valence electrons. The third-order valence-electron chi connectivity index (χ3n) is 2.38. The van der Waals surface area contributed by atoms with Crippen LogP contribution < -0.4 is 11.1 Å². The minimum atomic E-state index is -10.7. The molecule has 2 rings (SSSR count). The molecule has 8 nitrogen and oxygen atoms in total. The van der Waals surface area contributed by atoms with E-state index in [4.69, 9.17) is 9.47 Å².